The molecule has 0 aromatic carbocycles. The number of hydrogen-bond donors (Lipinski definition) is 1. The molecule has 0 aliphatic carbocycles. The molecular formula is C8H12N2O. The van der Waals surface area contributed by atoms with Crippen LogP contribution in [0.3, 0.4) is 0 Å². The molecule has 0 saturated carbocycles. The molecule has 0 aliphatic rings. The van der Waals surface area contributed by atoms with Gasteiger partial charge in [-0.3, -0.25) is 9.78 Å². The summed E-state index contributed by atoms with van der Waals surface area (Å²) in [6.07, 6.45) is 4.11. The van der Waals surface area contributed by atoms with Crippen molar-refractivity contribution >= 4 is 0 Å². The van der Waals surface area contributed by atoms with Gasteiger partial charge in [0.05, 0.1) is 0 Å². The van der Waals surface area contributed by atoms with E-state index in [4.69, 9.17) is 0 Å². The molecule has 1 heterocycles. The number of H-pyrrole nitrogens is 1. The second-order valence-corrected chi connectivity index (χ2v) is 2.61. The lowest BCUT2D eigenvalue weighted by Crippen LogP contribution is -2.15. The maximum absolute atomic E-state index is 11.1. The fraction of sp³-hybridized carbons (Fsp3) is 0.500. The van der Waals surface area contributed by atoms with Crippen LogP contribution < -0.4 is 5.56 Å². The predicted molar refractivity (Wildman–Crippen MR) is 43.6 cm³/mol. The van der Waals surface area contributed by atoms with Gasteiger partial charge in [0.25, 0.3) is 5.56 Å². The summed E-state index contributed by atoms with van der Waals surface area (Å²) < 4.78 is 0. The fourth-order valence-corrected chi connectivity index (χ4v) is 0.907. The van der Waals surface area contributed by atoms with Crippen molar-refractivity contribution in [1.29, 1.82) is 0 Å². The zero-order valence-corrected chi connectivity index (χ0v) is 6.79. The molecular weight excluding hydrogens is 140 g/mol. The highest BCUT2D eigenvalue weighted by Gasteiger charge is 2.07. The van der Waals surface area contributed by atoms with Gasteiger partial charge >= 0.3 is 0 Å². The Morgan fingerprint density at radius 3 is 3.00 bits per heavy atom. The quantitative estimate of drug-likeness (QED) is 0.693. The normalized spacial score (nSPS) is 12.9. The topological polar surface area (TPSA) is 45.8 Å². The highest BCUT2D eigenvalue weighted by Crippen LogP contribution is 2.10. The van der Waals surface area contributed by atoms with Crippen molar-refractivity contribution in [3.63, 3.8) is 0 Å². The van der Waals surface area contributed by atoms with E-state index < -0.39 is 0 Å². The molecule has 1 aromatic heterocycles. The van der Waals surface area contributed by atoms with Gasteiger partial charge in [-0.2, -0.15) is 0 Å². The Morgan fingerprint density at radius 2 is 2.45 bits per heavy atom. The van der Waals surface area contributed by atoms with Crippen LogP contribution in [-0.2, 0) is 0 Å². The van der Waals surface area contributed by atoms with E-state index in [1.54, 1.807) is 12.4 Å². The summed E-state index contributed by atoms with van der Waals surface area (Å²) in [5, 5.41) is 0. The second kappa shape index (κ2) is 3.32. The SMILES string of the molecule is CCC(C)c1ncc[nH]c1=O. The predicted octanol–water partition coefficient (Wildman–Crippen LogP) is 1.28. The van der Waals surface area contributed by atoms with Gasteiger partial charge in [-0.1, -0.05) is 13.8 Å². The first kappa shape index (κ1) is 7.98. The van der Waals surface area contributed by atoms with Gasteiger partial charge in [-0.25, -0.2) is 0 Å². The van der Waals surface area contributed by atoms with Crippen molar-refractivity contribution in [1.82, 2.24) is 9.97 Å². The lowest BCUT2D eigenvalue weighted by atomic mass is 10.1. The molecule has 1 aromatic rings. The van der Waals surface area contributed by atoms with Crippen molar-refractivity contribution in [2.24, 2.45) is 0 Å². The molecule has 0 saturated heterocycles. The van der Waals surface area contributed by atoms with Crippen molar-refractivity contribution in [2.45, 2.75) is 26.2 Å². The number of rotatable bonds is 2. The van der Waals surface area contributed by atoms with E-state index in [1.165, 1.54) is 0 Å². The average Bonchev–Trinajstić information content (AvgIpc) is 2.04. The Kier molecular flexibility index (Phi) is 2.41. The average molecular weight is 152 g/mol. The third-order valence-electron chi connectivity index (χ3n) is 1.81. The summed E-state index contributed by atoms with van der Waals surface area (Å²) in [6.45, 7) is 4.04. The summed E-state index contributed by atoms with van der Waals surface area (Å²) in [6, 6.07) is 0. The van der Waals surface area contributed by atoms with E-state index in [9.17, 15) is 4.79 Å². The van der Waals surface area contributed by atoms with Gasteiger partial charge in [0.15, 0.2) is 0 Å². The molecule has 1 N–H and O–H groups in total. The summed E-state index contributed by atoms with van der Waals surface area (Å²) in [5.41, 5.74) is 0.567. The first-order valence-electron chi connectivity index (χ1n) is 3.79. The number of aromatic amines is 1. The number of nitrogens with zero attached hydrogens (tertiary/aromatic N) is 1. The van der Waals surface area contributed by atoms with Crippen LogP contribution in [0.15, 0.2) is 17.2 Å². The fourth-order valence-electron chi connectivity index (χ4n) is 0.907. The van der Waals surface area contributed by atoms with E-state index in [0.29, 0.717) is 5.69 Å². The second-order valence-electron chi connectivity index (χ2n) is 2.61. The first-order chi connectivity index (χ1) is 5.25. The van der Waals surface area contributed by atoms with E-state index in [1.807, 2.05) is 13.8 Å². The van der Waals surface area contributed by atoms with Crippen LogP contribution in [0.5, 0.6) is 0 Å². The molecule has 1 atom stereocenters. The first-order valence-corrected chi connectivity index (χ1v) is 3.79. The Morgan fingerprint density at radius 1 is 1.73 bits per heavy atom. The maximum atomic E-state index is 11.1. The molecule has 0 aliphatic heterocycles. The lowest BCUT2D eigenvalue weighted by Gasteiger charge is -2.04. The van der Waals surface area contributed by atoms with Gasteiger partial charge in [0.2, 0.25) is 0 Å². The molecule has 0 spiro atoms. The Labute approximate surface area is 65.5 Å². The minimum absolute atomic E-state index is 0.0677. The Bertz CT molecular complexity index is 279. The van der Waals surface area contributed by atoms with E-state index in [-0.39, 0.29) is 11.5 Å². The van der Waals surface area contributed by atoms with Gasteiger partial charge in [-0.15, -0.1) is 0 Å². The van der Waals surface area contributed by atoms with Crippen LogP contribution in [0.25, 0.3) is 0 Å². The zero-order chi connectivity index (χ0) is 8.27. The summed E-state index contributed by atoms with van der Waals surface area (Å²) in [4.78, 5) is 17.7. The molecule has 1 unspecified atom stereocenters. The van der Waals surface area contributed by atoms with E-state index in [0.717, 1.165) is 6.42 Å². The molecule has 60 valence electrons. The standard InChI is InChI=1S/C8H12N2O/c1-3-6(2)7-8(11)10-5-4-9-7/h4-6H,3H2,1-2H3,(H,10,11). The van der Waals surface area contributed by atoms with E-state index >= 15 is 0 Å². The third-order valence-corrected chi connectivity index (χ3v) is 1.81. The van der Waals surface area contributed by atoms with Gasteiger partial charge < -0.3 is 4.98 Å². The summed E-state index contributed by atoms with van der Waals surface area (Å²) >= 11 is 0. The van der Waals surface area contributed by atoms with Crippen molar-refractivity contribution in [3.8, 4) is 0 Å². The number of aromatic nitrogens is 2. The molecule has 0 radical (unpaired) electrons. The molecule has 3 nitrogen and oxygen atoms in total. The Hall–Kier alpha value is -1.12. The van der Waals surface area contributed by atoms with Crippen LogP contribution in [0.4, 0.5) is 0 Å². The van der Waals surface area contributed by atoms with Crippen molar-refractivity contribution in [3.05, 3.63) is 28.4 Å². The van der Waals surface area contributed by atoms with Crippen LogP contribution in [-0.4, -0.2) is 9.97 Å². The largest absolute Gasteiger partial charge is 0.326 e. The van der Waals surface area contributed by atoms with Crippen LogP contribution in [0.1, 0.15) is 31.9 Å². The van der Waals surface area contributed by atoms with Gasteiger partial charge in [0, 0.05) is 18.3 Å². The monoisotopic (exact) mass is 152 g/mol. The minimum Gasteiger partial charge on any atom is -0.326 e. The molecule has 0 fully saturated rings. The molecule has 1 rings (SSSR count). The molecule has 0 bridgehead atoms. The van der Waals surface area contributed by atoms with Gasteiger partial charge in [-0.05, 0) is 6.42 Å². The number of nitrogens with one attached hydrogen (secondary N) is 1. The summed E-state index contributed by atoms with van der Waals surface area (Å²) in [5.74, 6) is 0.250. The van der Waals surface area contributed by atoms with Crippen LogP contribution >= 0.6 is 0 Å². The van der Waals surface area contributed by atoms with Crippen LogP contribution in [0.2, 0.25) is 0 Å². The summed E-state index contributed by atoms with van der Waals surface area (Å²) in [7, 11) is 0. The zero-order valence-electron chi connectivity index (χ0n) is 6.79. The smallest absolute Gasteiger partial charge is 0.269 e. The Balaban J connectivity index is 3.03. The third kappa shape index (κ3) is 1.67. The molecule has 11 heavy (non-hydrogen) atoms. The number of hydrogen-bond acceptors (Lipinski definition) is 2. The minimum atomic E-state index is -0.0677. The van der Waals surface area contributed by atoms with E-state index in [2.05, 4.69) is 9.97 Å². The van der Waals surface area contributed by atoms with Crippen molar-refractivity contribution < 1.29 is 0 Å². The van der Waals surface area contributed by atoms with Crippen molar-refractivity contribution in [2.75, 3.05) is 0 Å². The molecule has 3 heteroatoms. The highest BCUT2D eigenvalue weighted by atomic mass is 16.1. The lowest BCUT2D eigenvalue weighted by molar-refractivity contribution is 0.693. The molecule has 0 amide bonds. The van der Waals surface area contributed by atoms with Crippen LogP contribution in [0, 0.1) is 0 Å². The highest BCUT2D eigenvalue weighted by molar-refractivity contribution is 5.01. The van der Waals surface area contributed by atoms with Gasteiger partial charge in [0.1, 0.15) is 5.69 Å². The maximum Gasteiger partial charge on any atom is 0.269 e.